The van der Waals surface area contributed by atoms with Gasteiger partial charge in [0, 0.05) is 49.9 Å². The molecule has 0 aliphatic carbocycles. The van der Waals surface area contributed by atoms with Crippen molar-refractivity contribution >= 4 is 46.2 Å². The van der Waals surface area contributed by atoms with E-state index in [1.807, 2.05) is 24.3 Å². The lowest BCUT2D eigenvalue weighted by atomic mass is 10.0. The van der Waals surface area contributed by atoms with Crippen LogP contribution in [0.2, 0.25) is 10.2 Å². The van der Waals surface area contributed by atoms with E-state index < -0.39 is 5.82 Å². The normalized spacial score (nSPS) is 13.6. The predicted molar refractivity (Wildman–Crippen MR) is 143 cm³/mol. The molecule has 3 heterocycles. The van der Waals surface area contributed by atoms with Crippen LogP contribution in [0, 0.1) is 17.1 Å². The van der Waals surface area contributed by atoms with Crippen molar-refractivity contribution < 1.29 is 9.18 Å². The van der Waals surface area contributed by atoms with Crippen molar-refractivity contribution in [3.63, 3.8) is 0 Å². The summed E-state index contributed by atoms with van der Waals surface area (Å²) in [6.45, 7) is 2.35. The number of aromatic nitrogens is 2. The molecule has 6 nitrogen and oxygen atoms in total. The van der Waals surface area contributed by atoms with Gasteiger partial charge in [0.25, 0.3) is 0 Å². The summed E-state index contributed by atoms with van der Waals surface area (Å²) in [6, 6.07) is 15.6. The molecule has 0 fully saturated rings. The highest BCUT2D eigenvalue weighted by molar-refractivity contribution is 6.30. The van der Waals surface area contributed by atoms with Crippen molar-refractivity contribution in [2.45, 2.75) is 19.5 Å². The van der Waals surface area contributed by atoms with Crippen LogP contribution in [0.5, 0.6) is 0 Å². The van der Waals surface area contributed by atoms with Gasteiger partial charge in [0.05, 0.1) is 22.2 Å². The molecule has 1 N–H and O–H groups in total. The van der Waals surface area contributed by atoms with Gasteiger partial charge in [0.1, 0.15) is 11.0 Å². The number of nitrogens with zero attached hydrogens (tertiary/aromatic N) is 4. The number of fused-ring (bicyclic) bond motifs is 3. The lowest BCUT2D eigenvalue weighted by Crippen LogP contribution is -2.34. The number of nitrogens with one attached hydrogen (secondary N) is 1. The number of amides is 1. The molecule has 0 bridgehead atoms. The molecular formula is C28H22Cl2FN5O. The van der Waals surface area contributed by atoms with Gasteiger partial charge in [-0.25, -0.2) is 14.2 Å². The number of hydrogen-bond acceptors (Lipinski definition) is 4. The Hall–Kier alpha value is -3.70. The monoisotopic (exact) mass is 533 g/mol. The molecular weight excluding hydrogens is 512 g/mol. The van der Waals surface area contributed by atoms with E-state index >= 15 is 0 Å². The first-order chi connectivity index (χ1) is 17.9. The second-order valence-corrected chi connectivity index (χ2v) is 9.61. The molecule has 2 aromatic heterocycles. The maximum atomic E-state index is 13.7. The van der Waals surface area contributed by atoms with E-state index in [1.54, 1.807) is 41.1 Å². The highest BCUT2D eigenvalue weighted by atomic mass is 35.5. The first kappa shape index (κ1) is 25.0. The minimum Gasteiger partial charge on any atom is -0.333 e. The van der Waals surface area contributed by atoms with Crippen LogP contribution in [0.25, 0.3) is 17.0 Å². The van der Waals surface area contributed by atoms with Crippen molar-refractivity contribution in [1.29, 1.82) is 5.26 Å². The van der Waals surface area contributed by atoms with Gasteiger partial charge in [0.2, 0.25) is 0 Å². The van der Waals surface area contributed by atoms with Gasteiger partial charge in [0.15, 0.2) is 0 Å². The maximum Gasteiger partial charge on any atom is 0.326 e. The van der Waals surface area contributed by atoms with E-state index in [0.717, 1.165) is 39.8 Å². The number of hydrogen-bond donors (Lipinski definition) is 1. The van der Waals surface area contributed by atoms with E-state index in [9.17, 15) is 14.4 Å². The summed E-state index contributed by atoms with van der Waals surface area (Å²) < 4.78 is 15.5. The summed E-state index contributed by atoms with van der Waals surface area (Å²) in [7, 11) is 0. The molecule has 5 rings (SSSR count). The fraction of sp³-hybridized carbons (Fsp3) is 0.179. The Morgan fingerprint density at radius 3 is 2.84 bits per heavy atom. The van der Waals surface area contributed by atoms with Crippen molar-refractivity contribution in [3.05, 3.63) is 105 Å². The number of nitriles is 1. The minimum atomic E-state index is -0.446. The van der Waals surface area contributed by atoms with Gasteiger partial charge >= 0.3 is 6.03 Å². The third-order valence-electron chi connectivity index (χ3n) is 6.41. The Kier molecular flexibility index (Phi) is 7.24. The second-order valence-electron chi connectivity index (χ2n) is 8.81. The van der Waals surface area contributed by atoms with Gasteiger partial charge in [-0.2, -0.15) is 5.26 Å². The number of pyridine rings is 1. The standard InChI is InChI=1S/C28H22Cl2FN5O/c29-23-5-3-18(13-24(23)31)2-1-10-35-11-8-26-22(17-35)21-12-19(15-32)4-6-25(21)36(26)28(37)34-16-20-7-9-33-27(30)14-20/h1-7,9,12-14H,8,10-11,16-17H2,(H,34,37)/b2-1+. The van der Waals surface area contributed by atoms with Crippen molar-refractivity contribution in [2.24, 2.45) is 0 Å². The quantitative estimate of drug-likeness (QED) is 0.310. The summed E-state index contributed by atoms with van der Waals surface area (Å²) >= 11 is 11.7. The lowest BCUT2D eigenvalue weighted by molar-refractivity contribution is 0.240. The molecule has 0 atom stereocenters. The van der Waals surface area contributed by atoms with Crippen LogP contribution in [-0.2, 0) is 19.5 Å². The van der Waals surface area contributed by atoms with Gasteiger partial charge in [-0.05, 0) is 59.2 Å². The predicted octanol–water partition coefficient (Wildman–Crippen LogP) is 6.18. The van der Waals surface area contributed by atoms with E-state index in [1.165, 1.54) is 6.07 Å². The molecule has 0 saturated heterocycles. The molecule has 0 unspecified atom stereocenters. The zero-order valence-corrected chi connectivity index (χ0v) is 21.2. The van der Waals surface area contributed by atoms with E-state index in [2.05, 4.69) is 21.3 Å². The van der Waals surface area contributed by atoms with Crippen LogP contribution < -0.4 is 5.32 Å². The largest absolute Gasteiger partial charge is 0.333 e. The van der Waals surface area contributed by atoms with Crippen LogP contribution in [0.4, 0.5) is 9.18 Å². The Morgan fingerprint density at radius 2 is 2.05 bits per heavy atom. The summed E-state index contributed by atoms with van der Waals surface area (Å²) in [5.74, 6) is -0.446. The zero-order valence-electron chi connectivity index (χ0n) is 19.7. The summed E-state index contributed by atoms with van der Waals surface area (Å²) in [4.78, 5) is 19.6. The first-order valence-electron chi connectivity index (χ1n) is 11.7. The van der Waals surface area contributed by atoms with E-state index in [0.29, 0.717) is 36.8 Å². The van der Waals surface area contributed by atoms with Gasteiger partial charge < -0.3 is 5.32 Å². The number of carbonyl (C=O) groups excluding carboxylic acids is 1. The Labute approximate surface area is 223 Å². The van der Waals surface area contributed by atoms with Crippen LogP contribution in [0.1, 0.15) is 27.9 Å². The Balaban J connectivity index is 1.39. The molecule has 0 saturated carbocycles. The number of carbonyl (C=O) groups is 1. The molecule has 9 heteroatoms. The number of halogens is 3. The number of rotatable bonds is 5. The summed E-state index contributed by atoms with van der Waals surface area (Å²) in [6.07, 6.45) is 6.13. The molecule has 1 aliphatic rings. The Bertz CT molecular complexity index is 1570. The molecule has 1 aliphatic heterocycles. The van der Waals surface area contributed by atoms with E-state index in [4.69, 9.17) is 23.2 Å². The Morgan fingerprint density at radius 1 is 1.19 bits per heavy atom. The summed E-state index contributed by atoms with van der Waals surface area (Å²) in [5.41, 5.74) is 4.87. The van der Waals surface area contributed by atoms with Crippen molar-refractivity contribution in [3.8, 4) is 6.07 Å². The van der Waals surface area contributed by atoms with Crippen LogP contribution in [0.3, 0.4) is 0 Å². The smallest absolute Gasteiger partial charge is 0.326 e. The molecule has 37 heavy (non-hydrogen) atoms. The topological polar surface area (TPSA) is 74.0 Å². The van der Waals surface area contributed by atoms with Crippen LogP contribution in [-0.4, -0.2) is 33.6 Å². The zero-order chi connectivity index (χ0) is 25.9. The van der Waals surface area contributed by atoms with Gasteiger partial charge in [-0.3, -0.25) is 9.47 Å². The first-order valence-corrected chi connectivity index (χ1v) is 12.5. The molecule has 0 radical (unpaired) electrons. The average molecular weight is 534 g/mol. The number of benzene rings is 2. The third-order valence-corrected chi connectivity index (χ3v) is 6.93. The molecule has 4 aromatic rings. The SMILES string of the molecule is N#Cc1ccc2c(c1)c1c(n2C(=O)NCc2ccnc(Cl)c2)CCN(C/C=C/c2ccc(Cl)c(F)c2)C1. The minimum absolute atomic E-state index is 0.0995. The lowest BCUT2D eigenvalue weighted by Gasteiger charge is -2.27. The van der Waals surface area contributed by atoms with Crippen LogP contribution in [0.15, 0.2) is 60.8 Å². The molecule has 2 aromatic carbocycles. The third kappa shape index (κ3) is 5.37. The fourth-order valence-corrected chi connectivity index (χ4v) is 4.95. The molecule has 0 spiro atoms. The second kappa shape index (κ2) is 10.7. The highest BCUT2D eigenvalue weighted by Crippen LogP contribution is 2.32. The van der Waals surface area contributed by atoms with Crippen molar-refractivity contribution in [2.75, 3.05) is 13.1 Å². The summed E-state index contributed by atoms with van der Waals surface area (Å²) in [5, 5.41) is 13.8. The molecule has 186 valence electrons. The van der Waals surface area contributed by atoms with E-state index in [-0.39, 0.29) is 11.1 Å². The highest BCUT2D eigenvalue weighted by Gasteiger charge is 2.26. The maximum absolute atomic E-state index is 13.7. The van der Waals surface area contributed by atoms with Crippen molar-refractivity contribution in [1.82, 2.24) is 19.8 Å². The average Bonchev–Trinajstić information content (AvgIpc) is 3.22. The van der Waals surface area contributed by atoms with Gasteiger partial charge in [-0.1, -0.05) is 41.4 Å². The fourth-order valence-electron chi connectivity index (χ4n) is 4.63. The van der Waals surface area contributed by atoms with Crippen LogP contribution >= 0.6 is 23.2 Å². The molecule has 1 amide bonds. The van der Waals surface area contributed by atoms with Gasteiger partial charge in [-0.15, -0.1) is 0 Å².